The highest BCUT2D eigenvalue weighted by atomic mass is 15.3. The topological polar surface area (TPSA) is 58.3 Å². The molecule has 2 aromatic heterocycles. The molecule has 1 aromatic carbocycles. The molecule has 0 bridgehead atoms. The van der Waals surface area contributed by atoms with Crippen LogP contribution in [-0.4, -0.2) is 37.6 Å². The molecular formula is C18H24N6. The predicted molar refractivity (Wildman–Crippen MR) is 95.9 cm³/mol. The minimum Gasteiger partial charge on any atom is -0.366 e. The van der Waals surface area contributed by atoms with Crippen LogP contribution in [0.2, 0.25) is 0 Å². The van der Waals surface area contributed by atoms with Crippen molar-refractivity contribution in [1.29, 1.82) is 0 Å². The molecule has 0 unspecified atom stereocenters. The summed E-state index contributed by atoms with van der Waals surface area (Å²) in [6.07, 6.45) is 1.53. The SMILES string of the molecule is CCN(CC)Cc1ccccc1CNc1cc(C)nc2ncnn12. The van der Waals surface area contributed by atoms with Gasteiger partial charge in [0.1, 0.15) is 12.1 Å². The predicted octanol–water partition coefficient (Wildman–Crippen LogP) is 2.89. The number of nitrogens with one attached hydrogen (secondary N) is 1. The van der Waals surface area contributed by atoms with E-state index in [1.807, 2.05) is 13.0 Å². The summed E-state index contributed by atoms with van der Waals surface area (Å²) >= 11 is 0. The summed E-state index contributed by atoms with van der Waals surface area (Å²) in [4.78, 5) is 11.0. The van der Waals surface area contributed by atoms with E-state index in [9.17, 15) is 0 Å². The number of hydrogen-bond donors (Lipinski definition) is 1. The van der Waals surface area contributed by atoms with E-state index in [1.54, 1.807) is 4.52 Å². The van der Waals surface area contributed by atoms with E-state index in [-0.39, 0.29) is 0 Å². The van der Waals surface area contributed by atoms with Gasteiger partial charge in [0.15, 0.2) is 0 Å². The third kappa shape index (κ3) is 3.54. The van der Waals surface area contributed by atoms with Crippen molar-refractivity contribution in [3.63, 3.8) is 0 Å². The Hall–Kier alpha value is -2.47. The summed E-state index contributed by atoms with van der Waals surface area (Å²) in [6.45, 7) is 10.2. The summed E-state index contributed by atoms with van der Waals surface area (Å²) < 4.78 is 1.74. The van der Waals surface area contributed by atoms with Gasteiger partial charge in [-0.3, -0.25) is 4.90 Å². The quantitative estimate of drug-likeness (QED) is 0.724. The van der Waals surface area contributed by atoms with Crippen LogP contribution in [0.25, 0.3) is 5.78 Å². The second kappa shape index (κ2) is 7.40. The second-order valence-corrected chi connectivity index (χ2v) is 5.84. The van der Waals surface area contributed by atoms with Crippen LogP contribution >= 0.6 is 0 Å². The summed E-state index contributed by atoms with van der Waals surface area (Å²) in [5.41, 5.74) is 3.58. The lowest BCUT2D eigenvalue weighted by atomic mass is 10.1. The third-order valence-electron chi connectivity index (χ3n) is 4.25. The van der Waals surface area contributed by atoms with Crippen molar-refractivity contribution in [2.24, 2.45) is 0 Å². The molecule has 0 aliphatic carbocycles. The van der Waals surface area contributed by atoms with Crippen LogP contribution < -0.4 is 5.32 Å². The van der Waals surface area contributed by atoms with Gasteiger partial charge < -0.3 is 5.32 Å². The van der Waals surface area contributed by atoms with Crippen LogP contribution in [0.3, 0.4) is 0 Å². The Morgan fingerprint density at radius 1 is 1.12 bits per heavy atom. The number of benzene rings is 1. The fourth-order valence-electron chi connectivity index (χ4n) is 2.81. The summed E-state index contributed by atoms with van der Waals surface area (Å²) in [5, 5.41) is 7.72. The minimum absolute atomic E-state index is 0.619. The van der Waals surface area contributed by atoms with E-state index in [4.69, 9.17) is 0 Å². The van der Waals surface area contributed by atoms with Crippen LogP contribution in [0.5, 0.6) is 0 Å². The van der Waals surface area contributed by atoms with Crippen LogP contribution in [0.1, 0.15) is 30.7 Å². The average molecular weight is 324 g/mol. The van der Waals surface area contributed by atoms with E-state index >= 15 is 0 Å². The van der Waals surface area contributed by atoms with E-state index in [2.05, 4.69) is 63.4 Å². The average Bonchev–Trinajstić information content (AvgIpc) is 3.06. The number of aryl methyl sites for hydroxylation is 1. The Morgan fingerprint density at radius 2 is 1.88 bits per heavy atom. The first-order valence-electron chi connectivity index (χ1n) is 8.41. The van der Waals surface area contributed by atoms with Gasteiger partial charge in [-0.15, -0.1) is 0 Å². The molecular weight excluding hydrogens is 300 g/mol. The van der Waals surface area contributed by atoms with Crippen molar-refractivity contribution in [3.05, 3.63) is 53.5 Å². The Morgan fingerprint density at radius 3 is 2.62 bits per heavy atom. The van der Waals surface area contributed by atoms with Crippen LogP contribution in [0.15, 0.2) is 36.7 Å². The molecule has 0 aliphatic heterocycles. The molecule has 6 heteroatoms. The first-order chi connectivity index (χ1) is 11.7. The number of fused-ring (bicyclic) bond motifs is 1. The first-order valence-corrected chi connectivity index (χ1v) is 8.41. The van der Waals surface area contributed by atoms with Gasteiger partial charge in [0.05, 0.1) is 0 Å². The molecule has 3 rings (SSSR count). The van der Waals surface area contributed by atoms with Crippen LogP contribution in [0, 0.1) is 6.92 Å². The Labute approximate surface area is 142 Å². The molecule has 0 aliphatic rings. The third-order valence-corrected chi connectivity index (χ3v) is 4.25. The van der Waals surface area contributed by atoms with Gasteiger partial charge in [-0.05, 0) is 31.1 Å². The largest absolute Gasteiger partial charge is 0.366 e. The fraction of sp³-hybridized carbons (Fsp3) is 0.389. The number of nitrogens with zero attached hydrogens (tertiary/aromatic N) is 5. The monoisotopic (exact) mass is 324 g/mol. The molecule has 0 radical (unpaired) electrons. The van der Waals surface area contributed by atoms with Crippen molar-refractivity contribution in [2.45, 2.75) is 33.9 Å². The maximum absolute atomic E-state index is 4.37. The number of rotatable bonds is 7. The zero-order valence-electron chi connectivity index (χ0n) is 14.5. The fourth-order valence-corrected chi connectivity index (χ4v) is 2.81. The van der Waals surface area contributed by atoms with Crippen molar-refractivity contribution >= 4 is 11.6 Å². The normalized spacial score (nSPS) is 11.3. The molecule has 0 saturated heterocycles. The van der Waals surface area contributed by atoms with Crippen molar-refractivity contribution in [3.8, 4) is 0 Å². The molecule has 0 fully saturated rings. The number of aromatic nitrogens is 4. The van der Waals surface area contributed by atoms with Gasteiger partial charge >= 0.3 is 0 Å². The lowest BCUT2D eigenvalue weighted by Crippen LogP contribution is -2.23. The van der Waals surface area contributed by atoms with Gasteiger partial charge in [-0.25, -0.2) is 4.98 Å². The highest BCUT2D eigenvalue weighted by molar-refractivity contribution is 5.45. The van der Waals surface area contributed by atoms with E-state index in [0.29, 0.717) is 5.78 Å². The zero-order valence-corrected chi connectivity index (χ0v) is 14.5. The van der Waals surface area contributed by atoms with Crippen molar-refractivity contribution in [1.82, 2.24) is 24.5 Å². The maximum atomic E-state index is 4.37. The second-order valence-electron chi connectivity index (χ2n) is 5.84. The number of hydrogen-bond acceptors (Lipinski definition) is 5. The van der Waals surface area contributed by atoms with Gasteiger partial charge in [0.25, 0.3) is 5.78 Å². The summed E-state index contributed by atoms with van der Waals surface area (Å²) in [5.74, 6) is 1.53. The smallest absolute Gasteiger partial charge is 0.254 e. The molecule has 24 heavy (non-hydrogen) atoms. The number of anilines is 1. The van der Waals surface area contributed by atoms with Gasteiger partial charge in [0.2, 0.25) is 0 Å². The van der Waals surface area contributed by atoms with Crippen molar-refractivity contribution < 1.29 is 0 Å². The lowest BCUT2D eigenvalue weighted by Gasteiger charge is -2.20. The maximum Gasteiger partial charge on any atom is 0.254 e. The Bertz CT molecular complexity index is 806. The van der Waals surface area contributed by atoms with Gasteiger partial charge in [0, 0.05) is 24.8 Å². The molecule has 126 valence electrons. The molecule has 0 atom stereocenters. The van der Waals surface area contributed by atoms with Gasteiger partial charge in [-0.2, -0.15) is 14.6 Å². The Balaban J connectivity index is 1.80. The minimum atomic E-state index is 0.619. The molecule has 6 nitrogen and oxygen atoms in total. The van der Waals surface area contributed by atoms with E-state index in [0.717, 1.165) is 37.7 Å². The Kier molecular flexibility index (Phi) is 5.05. The molecule has 3 aromatic rings. The van der Waals surface area contributed by atoms with E-state index in [1.165, 1.54) is 17.5 Å². The highest BCUT2D eigenvalue weighted by Crippen LogP contribution is 2.15. The molecule has 1 N–H and O–H groups in total. The molecule has 0 amide bonds. The van der Waals surface area contributed by atoms with Crippen molar-refractivity contribution in [2.75, 3.05) is 18.4 Å². The lowest BCUT2D eigenvalue weighted by molar-refractivity contribution is 0.295. The molecule has 0 saturated carbocycles. The van der Waals surface area contributed by atoms with Gasteiger partial charge in [-0.1, -0.05) is 38.1 Å². The molecule has 2 heterocycles. The first kappa shape index (κ1) is 16.4. The highest BCUT2D eigenvalue weighted by Gasteiger charge is 2.08. The standard InChI is InChI=1S/C18H24N6/c1-4-23(5-2)12-16-9-7-6-8-15(16)11-19-17-10-14(3)22-18-20-13-21-24(17)18/h6-10,13,19H,4-5,11-12H2,1-3H3. The zero-order chi connectivity index (χ0) is 16.9. The summed E-state index contributed by atoms with van der Waals surface area (Å²) in [7, 11) is 0. The summed E-state index contributed by atoms with van der Waals surface area (Å²) in [6, 6.07) is 10.6. The molecule has 0 spiro atoms. The van der Waals surface area contributed by atoms with E-state index < -0.39 is 0 Å². The van der Waals surface area contributed by atoms with Crippen LogP contribution in [-0.2, 0) is 13.1 Å². The van der Waals surface area contributed by atoms with Crippen LogP contribution in [0.4, 0.5) is 5.82 Å².